The number of amides is 3. The number of benzene rings is 2. The Morgan fingerprint density at radius 1 is 0.929 bits per heavy atom. The van der Waals surface area contributed by atoms with E-state index in [1.165, 1.54) is 11.8 Å². The second-order valence-electron chi connectivity index (χ2n) is 5.93. The van der Waals surface area contributed by atoms with Gasteiger partial charge in [-0.3, -0.25) is 14.4 Å². The minimum absolute atomic E-state index is 0.133. The van der Waals surface area contributed by atoms with Crippen LogP contribution in [0.2, 0.25) is 0 Å². The van der Waals surface area contributed by atoms with Crippen molar-refractivity contribution < 1.29 is 14.4 Å². The molecule has 3 amide bonds. The van der Waals surface area contributed by atoms with Crippen LogP contribution in [-0.4, -0.2) is 35.8 Å². The van der Waals surface area contributed by atoms with Crippen molar-refractivity contribution in [2.75, 3.05) is 28.7 Å². The Morgan fingerprint density at radius 2 is 1.57 bits per heavy atom. The molecule has 0 aromatic heterocycles. The van der Waals surface area contributed by atoms with Crippen molar-refractivity contribution in [2.45, 2.75) is 13.3 Å². The van der Waals surface area contributed by atoms with Gasteiger partial charge in [0.05, 0.1) is 11.5 Å². The number of rotatable bonds is 9. The summed E-state index contributed by atoms with van der Waals surface area (Å²) in [6, 6.07) is 14.0. The summed E-state index contributed by atoms with van der Waals surface area (Å²) in [5.74, 6) is -0.172. The lowest BCUT2D eigenvalue weighted by Crippen LogP contribution is -2.24. The predicted octanol–water partition coefficient (Wildman–Crippen LogP) is 3.90. The second kappa shape index (κ2) is 11.5. The van der Waals surface area contributed by atoms with Crippen LogP contribution in [0.4, 0.5) is 11.4 Å². The molecule has 3 N–H and O–H groups in total. The van der Waals surface area contributed by atoms with E-state index in [4.69, 9.17) is 0 Å². The molecule has 2 aromatic rings. The number of anilines is 2. The molecule has 0 unspecified atom stereocenters. The van der Waals surface area contributed by atoms with Crippen molar-refractivity contribution in [1.29, 1.82) is 0 Å². The van der Waals surface area contributed by atoms with Crippen LogP contribution >= 0.6 is 27.7 Å². The molecule has 0 heterocycles. The number of halogens is 1. The number of hydrogen-bond donors (Lipinski definition) is 3. The van der Waals surface area contributed by atoms with Crippen LogP contribution in [0.3, 0.4) is 0 Å². The molecule has 0 aliphatic heterocycles. The molecule has 2 rings (SSSR count). The largest absolute Gasteiger partial charge is 0.352 e. The first kappa shape index (κ1) is 22.0. The number of carbonyl (C=O) groups is 3. The lowest BCUT2D eigenvalue weighted by atomic mass is 10.2. The maximum atomic E-state index is 12.0. The maximum absolute atomic E-state index is 12.0. The van der Waals surface area contributed by atoms with Crippen molar-refractivity contribution in [1.82, 2.24) is 5.32 Å². The molecular weight excluding hydrogens is 442 g/mol. The first-order valence-electron chi connectivity index (χ1n) is 8.79. The minimum Gasteiger partial charge on any atom is -0.352 e. The SMILES string of the molecule is CCCNC(=O)c1ccc(NC(=O)CSCC(=O)Nc2cccc(Br)c2)cc1. The van der Waals surface area contributed by atoms with Gasteiger partial charge in [-0.1, -0.05) is 28.9 Å². The van der Waals surface area contributed by atoms with E-state index in [0.717, 1.165) is 10.9 Å². The van der Waals surface area contributed by atoms with Crippen LogP contribution in [-0.2, 0) is 9.59 Å². The number of nitrogens with one attached hydrogen (secondary N) is 3. The Balaban J connectivity index is 1.72. The van der Waals surface area contributed by atoms with E-state index in [0.29, 0.717) is 23.5 Å². The zero-order valence-corrected chi connectivity index (χ0v) is 17.9. The Kier molecular flexibility index (Phi) is 9.03. The summed E-state index contributed by atoms with van der Waals surface area (Å²) < 4.78 is 0.881. The molecule has 28 heavy (non-hydrogen) atoms. The van der Waals surface area contributed by atoms with Crippen molar-refractivity contribution in [3.63, 3.8) is 0 Å². The summed E-state index contributed by atoms with van der Waals surface area (Å²) in [5, 5.41) is 8.33. The van der Waals surface area contributed by atoms with Gasteiger partial charge in [0, 0.05) is 28.0 Å². The highest BCUT2D eigenvalue weighted by atomic mass is 79.9. The highest BCUT2D eigenvalue weighted by molar-refractivity contribution is 9.10. The lowest BCUT2D eigenvalue weighted by Gasteiger charge is -2.08. The fraction of sp³-hybridized carbons (Fsp3) is 0.250. The number of carbonyl (C=O) groups excluding carboxylic acids is 3. The Labute approximate surface area is 177 Å². The van der Waals surface area contributed by atoms with E-state index in [2.05, 4.69) is 31.9 Å². The predicted molar refractivity (Wildman–Crippen MR) is 118 cm³/mol. The summed E-state index contributed by atoms with van der Waals surface area (Å²) in [4.78, 5) is 35.8. The van der Waals surface area contributed by atoms with Crippen LogP contribution in [0.15, 0.2) is 53.0 Å². The highest BCUT2D eigenvalue weighted by Crippen LogP contribution is 2.16. The molecule has 0 saturated heterocycles. The number of thioether (sulfide) groups is 1. The summed E-state index contributed by atoms with van der Waals surface area (Å²) in [6.07, 6.45) is 0.873. The van der Waals surface area contributed by atoms with Gasteiger partial charge in [0.25, 0.3) is 5.91 Å². The molecular formula is C20H22BrN3O3S. The molecule has 0 aliphatic carbocycles. The van der Waals surface area contributed by atoms with E-state index in [-0.39, 0.29) is 29.2 Å². The van der Waals surface area contributed by atoms with E-state index < -0.39 is 0 Å². The third-order valence-corrected chi connectivity index (χ3v) is 4.97. The lowest BCUT2D eigenvalue weighted by molar-refractivity contribution is -0.114. The van der Waals surface area contributed by atoms with Crippen molar-refractivity contribution >= 4 is 56.8 Å². The van der Waals surface area contributed by atoms with Crippen LogP contribution in [0.5, 0.6) is 0 Å². The van der Waals surface area contributed by atoms with Crippen molar-refractivity contribution in [3.8, 4) is 0 Å². The van der Waals surface area contributed by atoms with Crippen LogP contribution in [0.1, 0.15) is 23.7 Å². The summed E-state index contributed by atoms with van der Waals surface area (Å²) in [6.45, 7) is 2.62. The first-order chi connectivity index (χ1) is 13.5. The fourth-order valence-corrected chi connectivity index (χ4v) is 3.26. The van der Waals surface area contributed by atoms with E-state index in [1.807, 2.05) is 19.1 Å². The Hall–Kier alpha value is -2.32. The van der Waals surface area contributed by atoms with Gasteiger partial charge in [0.2, 0.25) is 11.8 Å². The van der Waals surface area contributed by atoms with Crippen LogP contribution < -0.4 is 16.0 Å². The third-order valence-electron chi connectivity index (χ3n) is 3.54. The second-order valence-corrected chi connectivity index (χ2v) is 7.83. The monoisotopic (exact) mass is 463 g/mol. The van der Waals surface area contributed by atoms with Gasteiger partial charge in [-0.2, -0.15) is 0 Å². The molecule has 0 radical (unpaired) electrons. The molecule has 0 atom stereocenters. The molecule has 8 heteroatoms. The normalized spacial score (nSPS) is 10.2. The van der Waals surface area contributed by atoms with Crippen LogP contribution in [0.25, 0.3) is 0 Å². The average Bonchev–Trinajstić information content (AvgIpc) is 2.66. The minimum atomic E-state index is -0.205. The molecule has 0 bridgehead atoms. The quantitative estimate of drug-likeness (QED) is 0.526. The van der Waals surface area contributed by atoms with Crippen molar-refractivity contribution in [3.05, 3.63) is 58.6 Å². The molecule has 0 saturated carbocycles. The molecule has 6 nitrogen and oxygen atoms in total. The highest BCUT2D eigenvalue weighted by Gasteiger charge is 2.08. The zero-order valence-electron chi connectivity index (χ0n) is 15.5. The Morgan fingerprint density at radius 3 is 2.18 bits per heavy atom. The van der Waals surface area contributed by atoms with Gasteiger partial charge < -0.3 is 16.0 Å². The Bertz CT molecular complexity index is 828. The summed E-state index contributed by atoms with van der Waals surface area (Å²) >= 11 is 4.58. The molecule has 0 spiro atoms. The summed E-state index contributed by atoms with van der Waals surface area (Å²) in [7, 11) is 0. The molecule has 148 valence electrons. The summed E-state index contributed by atoms with van der Waals surface area (Å²) in [5.41, 5.74) is 1.86. The van der Waals surface area contributed by atoms with Gasteiger partial charge >= 0.3 is 0 Å². The molecule has 0 aliphatic rings. The van der Waals surface area contributed by atoms with Crippen LogP contribution in [0, 0.1) is 0 Å². The van der Waals surface area contributed by atoms with E-state index in [1.54, 1.807) is 36.4 Å². The first-order valence-corrected chi connectivity index (χ1v) is 10.7. The van der Waals surface area contributed by atoms with Gasteiger partial charge in [0.1, 0.15) is 0 Å². The maximum Gasteiger partial charge on any atom is 0.251 e. The molecule has 0 fully saturated rings. The van der Waals surface area contributed by atoms with Gasteiger partial charge in [-0.05, 0) is 48.9 Å². The van der Waals surface area contributed by atoms with Gasteiger partial charge in [-0.25, -0.2) is 0 Å². The fourth-order valence-electron chi connectivity index (χ4n) is 2.24. The number of hydrogen-bond acceptors (Lipinski definition) is 4. The van der Waals surface area contributed by atoms with Gasteiger partial charge in [0.15, 0.2) is 0 Å². The van der Waals surface area contributed by atoms with E-state index in [9.17, 15) is 14.4 Å². The zero-order chi connectivity index (χ0) is 20.4. The van der Waals surface area contributed by atoms with E-state index >= 15 is 0 Å². The third kappa shape index (κ3) is 7.74. The van der Waals surface area contributed by atoms with Crippen molar-refractivity contribution in [2.24, 2.45) is 0 Å². The standard InChI is InChI=1S/C20H22BrN3O3S/c1-2-10-22-20(27)14-6-8-16(9-7-14)23-18(25)12-28-13-19(26)24-17-5-3-4-15(21)11-17/h3-9,11H,2,10,12-13H2,1H3,(H,22,27)(H,23,25)(H,24,26). The smallest absolute Gasteiger partial charge is 0.251 e. The van der Waals surface area contributed by atoms with Gasteiger partial charge in [-0.15, -0.1) is 11.8 Å². The average molecular weight is 464 g/mol. The molecule has 2 aromatic carbocycles. The topological polar surface area (TPSA) is 87.3 Å².